The molecule has 132 valence electrons. The Morgan fingerprint density at radius 2 is 1.92 bits per heavy atom. The Hall–Kier alpha value is -1.59. The standard InChI is InChI=1S/C19H20Cl2N2O2/c20-17-5-4-16(18(21)11-17)12-22-19(24)15-3-1-2-14(10-15)13-23-6-8-25-9-7-23/h1-5,10-11H,6-9,12-13H2,(H,22,24). The number of morpholine rings is 1. The summed E-state index contributed by atoms with van der Waals surface area (Å²) in [6, 6.07) is 13.0. The first kappa shape index (κ1) is 18.2. The second-order valence-corrected chi connectivity index (χ2v) is 6.85. The number of rotatable bonds is 5. The summed E-state index contributed by atoms with van der Waals surface area (Å²) in [5, 5.41) is 4.04. The van der Waals surface area contributed by atoms with Crippen LogP contribution in [-0.2, 0) is 17.8 Å². The van der Waals surface area contributed by atoms with Crippen molar-refractivity contribution in [1.82, 2.24) is 10.2 Å². The van der Waals surface area contributed by atoms with Crippen LogP contribution in [-0.4, -0.2) is 37.1 Å². The van der Waals surface area contributed by atoms with Gasteiger partial charge in [-0.15, -0.1) is 0 Å². The van der Waals surface area contributed by atoms with Gasteiger partial charge in [-0.2, -0.15) is 0 Å². The van der Waals surface area contributed by atoms with Crippen LogP contribution in [0, 0.1) is 0 Å². The molecule has 2 aromatic carbocycles. The number of carbonyl (C=O) groups is 1. The van der Waals surface area contributed by atoms with E-state index < -0.39 is 0 Å². The first-order chi connectivity index (χ1) is 12.1. The van der Waals surface area contributed by atoms with Crippen LogP contribution in [0.25, 0.3) is 0 Å². The van der Waals surface area contributed by atoms with E-state index in [0.717, 1.165) is 44.0 Å². The van der Waals surface area contributed by atoms with E-state index in [1.807, 2.05) is 30.3 Å². The molecular formula is C19H20Cl2N2O2. The molecule has 1 N–H and O–H groups in total. The van der Waals surface area contributed by atoms with Crippen molar-refractivity contribution < 1.29 is 9.53 Å². The maximum absolute atomic E-state index is 12.4. The highest BCUT2D eigenvalue weighted by molar-refractivity contribution is 6.35. The number of ether oxygens (including phenoxy) is 1. The van der Waals surface area contributed by atoms with Crippen molar-refractivity contribution in [3.05, 3.63) is 69.2 Å². The van der Waals surface area contributed by atoms with Gasteiger partial charge in [0.1, 0.15) is 0 Å². The zero-order valence-electron chi connectivity index (χ0n) is 13.8. The minimum absolute atomic E-state index is 0.116. The molecule has 1 aliphatic heterocycles. The van der Waals surface area contributed by atoms with E-state index in [0.29, 0.717) is 22.2 Å². The molecule has 4 nitrogen and oxygen atoms in total. The van der Waals surface area contributed by atoms with E-state index >= 15 is 0 Å². The second kappa shape index (κ2) is 8.68. The Morgan fingerprint density at radius 3 is 2.68 bits per heavy atom. The largest absolute Gasteiger partial charge is 0.379 e. The monoisotopic (exact) mass is 378 g/mol. The summed E-state index contributed by atoms with van der Waals surface area (Å²) in [6.45, 7) is 4.57. The fraction of sp³-hybridized carbons (Fsp3) is 0.316. The van der Waals surface area contributed by atoms with Crippen molar-refractivity contribution in [2.75, 3.05) is 26.3 Å². The molecule has 0 saturated carbocycles. The third-order valence-corrected chi connectivity index (χ3v) is 4.74. The number of amides is 1. The molecule has 1 fully saturated rings. The number of carbonyl (C=O) groups excluding carboxylic acids is 1. The van der Waals surface area contributed by atoms with Crippen LogP contribution in [0.4, 0.5) is 0 Å². The molecule has 1 saturated heterocycles. The van der Waals surface area contributed by atoms with E-state index in [2.05, 4.69) is 10.2 Å². The zero-order chi connectivity index (χ0) is 17.6. The van der Waals surface area contributed by atoms with Gasteiger partial charge in [-0.05, 0) is 35.4 Å². The average molecular weight is 379 g/mol. The molecule has 1 amide bonds. The fourth-order valence-corrected chi connectivity index (χ4v) is 3.25. The van der Waals surface area contributed by atoms with Crippen molar-refractivity contribution in [2.24, 2.45) is 0 Å². The number of hydrogen-bond donors (Lipinski definition) is 1. The number of hydrogen-bond acceptors (Lipinski definition) is 3. The Bertz CT molecular complexity index is 746. The van der Waals surface area contributed by atoms with Crippen LogP contribution in [0.5, 0.6) is 0 Å². The fourth-order valence-electron chi connectivity index (χ4n) is 2.77. The quantitative estimate of drug-likeness (QED) is 0.860. The minimum Gasteiger partial charge on any atom is -0.379 e. The van der Waals surface area contributed by atoms with E-state index in [9.17, 15) is 4.79 Å². The van der Waals surface area contributed by atoms with Gasteiger partial charge in [0.05, 0.1) is 13.2 Å². The lowest BCUT2D eigenvalue weighted by atomic mass is 10.1. The maximum Gasteiger partial charge on any atom is 0.251 e. The van der Waals surface area contributed by atoms with Crippen molar-refractivity contribution in [2.45, 2.75) is 13.1 Å². The van der Waals surface area contributed by atoms with Crippen LogP contribution in [0.2, 0.25) is 10.0 Å². The van der Waals surface area contributed by atoms with Crippen molar-refractivity contribution in [3.63, 3.8) is 0 Å². The molecule has 6 heteroatoms. The summed E-state index contributed by atoms with van der Waals surface area (Å²) in [4.78, 5) is 14.8. The van der Waals surface area contributed by atoms with Gasteiger partial charge in [0.15, 0.2) is 0 Å². The van der Waals surface area contributed by atoms with Gasteiger partial charge in [0.2, 0.25) is 0 Å². The normalized spacial score (nSPS) is 15.1. The predicted molar refractivity (Wildman–Crippen MR) is 100 cm³/mol. The summed E-state index contributed by atoms with van der Waals surface area (Å²) in [7, 11) is 0. The number of halogens is 2. The number of nitrogens with zero attached hydrogens (tertiary/aromatic N) is 1. The Labute approximate surface area is 157 Å². The first-order valence-electron chi connectivity index (χ1n) is 8.23. The number of benzene rings is 2. The van der Waals surface area contributed by atoms with E-state index in [4.69, 9.17) is 27.9 Å². The molecule has 25 heavy (non-hydrogen) atoms. The molecule has 0 aliphatic carbocycles. The third-order valence-electron chi connectivity index (χ3n) is 4.15. The van der Waals surface area contributed by atoms with E-state index in [1.54, 1.807) is 12.1 Å². The lowest BCUT2D eigenvalue weighted by Crippen LogP contribution is -2.35. The van der Waals surface area contributed by atoms with Crippen molar-refractivity contribution in [3.8, 4) is 0 Å². The smallest absolute Gasteiger partial charge is 0.251 e. The van der Waals surface area contributed by atoms with E-state index in [1.165, 1.54) is 0 Å². The first-order valence-corrected chi connectivity index (χ1v) is 8.98. The SMILES string of the molecule is O=C(NCc1ccc(Cl)cc1Cl)c1cccc(CN2CCOCC2)c1. The van der Waals surface area contributed by atoms with Gasteiger partial charge < -0.3 is 10.1 Å². The molecule has 0 atom stereocenters. The predicted octanol–water partition coefficient (Wildman–Crippen LogP) is 3.76. The molecule has 1 heterocycles. The van der Waals surface area contributed by atoms with Gasteiger partial charge >= 0.3 is 0 Å². The highest BCUT2D eigenvalue weighted by atomic mass is 35.5. The van der Waals surface area contributed by atoms with Gasteiger partial charge in [-0.3, -0.25) is 9.69 Å². The van der Waals surface area contributed by atoms with Gasteiger partial charge in [-0.25, -0.2) is 0 Å². The summed E-state index contributed by atoms with van der Waals surface area (Å²) < 4.78 is 5.37. The summed E-state index contributed by atoms with van der Waals surface area (Å²) in [6.07, 6.45) is 0. The Morgan fingerprint density at radius 1 is 1.12 bits per heavy atom. The molecular weight excluding hydrogens is 359 g/mol. The molecule has 0 radical (unpaired) electrons. The average Bonchev–Trinajstić information content (AvgIpc) is 2.62. The van der Waals surface area contributed by atoms with Crippen LogP contribution in [0.1, 0.15) is 21.5 Å². The second-order valence-electron chi connectivity index (χ2n) is 6.01. The minimum atomic E-state index is -0.116. The van der Waals surface area contributed by atoms with Gasteiger partial charge in [-0.1, -0.05) is 41.4 Å². The van der Waals surface area contributed by atoms with Crippen molar-refractivity contribution in [1.29, 1.82) is 0 Å². The number of nitrogens with one attached hydrogen (secondary N) is 1. The topological polar surface area (TPSA) is 41.6 Å². The Kier molecular flexibility index (Phi) is 6.32. The summed E-state index contributed by atoms with van der Waals surface area (Å²) >= 11 is 12.0. The van der Waals surface area contributed by atoms with Gasteiger partial charge in [0.25, 0.3) is 5.91 Å². The van der Waals surface area contributed by atoms with Crippen LogP contribution >= 0.6 is 23.2 Å². The lowest BCUT2D eigenvalue weighted by Gasteiger charge is -2.26. The van der Waals surface area contributed by atoms with Crippen LogP contribution in [0.3, 0.4) is 0 Å². The van der Waals surface area contributed by atoms with E-state index in [-0.39, 0.29) is 5.91 Å². The van der Waals surface area contributed by atoms with Crippen LogP contribution in [0.15, 0.2) is 42.5 Å². The maximum atomic E-state index is 12.4. The van der Waals surface area contributed by atoms with Crippen LogP contribution < -0.4 is 5.32 Å². The highest BCUT2D eigenvalue weighted by Gasteiger charge is 2.12. The molecule has 0 unspecified atom stereocenters. The molecule has 0 spiro atoms. The summed E-state index contributed by atoms with van der Waals surface area (Å²) in [5.41, 5.74) is 2.61. The zero-order valence-corrected chi connectivity index (χ0v) is 15.3. The highest BCUT2D eigenvalue weighted by Crippen LogP contribution is 2.21. The van der Waals surface area contributed by atoms with Gasteiger partial charge in [0, 0.05) is 41.8 Å². The Balaban J connectivity index is 1.60. The molecule has 0 bridgehead atoms. The summed E-state index contributed by atoms with van der Waals surface area (Å²) in [5.74, 6) is -0.116. The molecule has 2 aromatic rings. The van der Waals surface area contributed by atoms with Crippen molar-refractivity contribution >= 4 is 29.1 Å². The third kappa shape index (κ3) is 5.19. The molecule has 3 rings (SSSR count). The molecule has 0 aromatic heterocycles. The lowest BCUT2D eigenvalue weighted by molar-refractivity contribution is 0.0342. The molecule has 1 aliphatic rings.